The molecule has 5 nitrogen and oxygen atoms in total. The van der Waals surface area contributed by atoms with Crippen LogP contribution in [0.2, 0.25) is 0 Å². The van der Waals surface area contributed by atoms with Crippen LogP contribution < -0.4 is 5.32 Å². The van der Waals surface area contributed by atoms with E-state index in [0.29, 0.717) is 6.42 Å². The summed E-state index contributed by atoms with van der Waals surface area (Å²) >= 11 is 0. The van der Waals surface area contributed by atoms with Gasteiger partial charge in [-0.1, -0.05) is 0 Å². The Morgan fingerprint density at radius 3 is 2.72 bits per heavy atom. The third kappa shape index (κ3) is 3.22. The first kappa shape index (κ1) is 13.3. The maximum atomic E-state index is 12.4. The number of carboxylic acids is 1. The fraction of sp³-hybridized carbons (Fsp3) is 0.846. The molecule has 0 aromatic rings. The Morgan fingerprint density at radius 2 is 2.06 bits per heavy atom. The molecule has 0 saturated carbocycles. The largest absolute Gasteiger partial charge is 0.481 e. The molecule has 0 bridgehead atoms. The first-order valence-corrected chi connectivity index (χ1v) is 6.94. The Bertz CT molecular complexity index is 313. The molecule has 5 heteroatoms. The molecule has 0 aliphatic carbocycles. The summed E-state index contributed by atoms with van der Waals surface area (Å²) in [6.07, 6.45) is 5.82. The number of nitrogens with zero attached hydrogens (tertiary/aromatic N) is 1. The minimum atomic E-state index is -0.771. The summed E-state index contributed by atoms with van der Waals surface area (Å²) < 4.78 is 0. The minimum Gasteiger partial charge on any atom is -0.481 e. The first-order chi connectivity index (χ1) is 8.68. The van der Waals surface area contributed by atoms with E-state index in [-0.39, 0.29) is 24.4 Å². The summed E-state index contributed by atoms with van der Waals surface area (Å²) in [7, 11) is 0. The van der Waals surface area contributed by atoms with Gasteiger partial charge in [-0.2, -0.15) is 0 Å². The van der Waals surface area contributed by atoms with E-state index in [1.54, 1.807) is 0 Å². The molecule has 2 aliphatic rings. The molecule has 2 heterocycles. The van der Waals surface area contributed by atoms with Crippen LogP contribution in [0.3, 0.4) is 0 Å². The Hall–Kier alpha value is -1.10. The molecule has 2 N–H and O–H groups in total. The average Bonchev–Trinajstić information content (AvgIpc) is 2.89. The number of amides is 1. The molecule has 1 amide bonds. The zero-order chi connectivity index (χ0) is 13.0. The lowest BCUT2D eigenvalue weighted by Crippen LogP contribution is -2.50. The summed E-state index contributed by atoms with van der Waals surface area (Å²) in [4.78, 5) is 25.0. The van der Waals surface area contributed by atoms with Crippen molar-refractivity contribution in [2.24, 2.45) is 0 Å². The lowest BCUT2D eigenvalue weighted by Gasteiger charge is -2.37. The maximum Gasteiger partial charge on any atom is 0.303 e. The predicted octanol–water partition coefficient (Wildman–Crippen LogP) is 0.984. The second-order valence-electron chi connectivity index (χ2n) is 5.26. The monoisotopic (exact) mass is 254 g/mol. The van der Waals surface area contributed by atoms with Gasteiger partial charge in [-0.25, -0.2) is 0 Å². The van der Waals surface area contributed by atoms with Crippen molar-refractivity contribution >= 4 is 11.9 Å². The van der Waals surface area contributed by atoms with Crippen LogP contribution in [0, 0.1) is 0 Å². The highest BCUT2D eigenvalue weighted by atomic mass is 16.4. The van der Waals surface area contributed by atoms with Gasteiger partial charge in [-0.3, -0.25) is 9.59 Å². The van der Waals surface area contributed by atoms with Gasteiger partial charge < -0.3 is 15.3 Å². The van der Waals surface area contributed by atoms with E-state index in [9.17, 15) is 9.59 Å². The van der Waals surface area contributed by atoms with Crippen LogP contribution in [0.5, 0.6) is 0 Å². The van der Waals surface area contributed by atoms with E-state index < -0.39 is 5.97 Å². The standard InChI is InChI=1S/C13H22N2O3/c16-12(17)7-6-10-4-1-2-9-15(10)13(18)11-5-3-8-14-11/h10-11,14H,1-9H2,(H,16,17)/t10?,11-/m1/s1. The van der Waals surface area contributed by atoms with Crippen LogP contribution in [0.4, 0.5) is 0 Å². The number of carboxylic acid groups (broad SMARTS) is 1. The number of nitrogens with one attached hydrogen (secondary N) is 1. The lowest BCUT2D eigenvalue weighted by atomic mass is 9.97. The van der Waals surface area contributed by atoms with E-state index in [0.717, 1.165) is 45.2 Å². The number of carbonyl (C=O) groups is 2. The number of rotatable bonds is 4. The van der Waals surface area contributed by atoms with Gasteiger partial charge in [0.05, 0.1) is 6.04 Å². The molecule has 2 saturated heterocycles. The Kier molecular flexibility index (Phi) is 4.58. The Labute approximate surface area is 108 Å². The summed E-state index contributed by atoms with van der Waals surface area (Å²) in [5.74, 6) is -0.588. The SMILES string of the molecule is O=C(O)CCC1CCCCN1C(=O)[C@H]1CCCN1. The molecular formula is C13H22N2O3. The Morgan fingerprint density at radius 1 is 1.22 bits per heavy atom. The van der Waals surface area contributed by atoms with Crippen LogP contribution in [0.15, 0.2) is 0 Å². The number of likely N-dealkylation sites (tertiary alicyclic amines) is 1. The number of carbonyl (C=O) groups excluding carboxylic acids is 1. The van der Waals surface area contributed by atoms with E-state index in [1.165, 1.54) is 0 Å². The van der Waals surface area contributed by atoms with Gasteiger partial charge in [0.2, 0.25) is 5.91 Å². The highest BCUT2D eigenvalue weighted by Gasteiger charge is 2.32. The second kappa shape index (κ2) is 6.18. The van der Waals surface area contributed by atoms with Gasteiger partial charge in [-0.15, -0.1) is 0 Å². The normalized spacial score (nSPS) is 28.3. The molecule has 2 fully saturated rings. The average molecular weight is 254 g/mol. The van der Waals surface area contributed by atoms with Gasteiger partial charge in [0.1, 0.15) is 0 Å². The molecule has 0 aromatic carbocycles. The molecule has 0 radical (unpaired) electrons. The smallest absolute Gasteiger partial charge is 0.303 e. The molecule has 2 aliphatic heterocycles. The summed E-state index contributed by atoms with van der Waals surface area (Å²) in [6.45, 7) is 1.71. The van der Waals surface area contributed by atoms with Crippen LogP contribution >= 0.6 is 0 Å². The molecule has 102 valence electrons. The summed E-state index contributed by atoms with van der Waals surface area (Å²) in [6, 6.07) is 0.0974. The van der Waals surface area contributed by atoms with E-state index >= 15 is 0 Å². The zero-order valence-corrected chi connectivity index (χ0v) is 10.7. The Balaban J connectivity index is 1.93. The third-order valence-corrected chi connectivity index (χ3v) is 3.96. The number of hydrogen-bond acceptors (Lipinski definition) is 3. The quantitative estimate of drug-likeness (QED) is 0.785. The first-order valence-electron chi connectivity index (χ1n) is 6.94. The molecule has 2 rings (SSSR count). The molecular weight excluding hydrogens is 232 g/mol. The topological polar surface area (TPSA) is 69.6 Å². The highest BCUT2D eigenvalue weighted by molar-refractivity contribution is 5.82. The lowest BCUT2D eigenvalue weighted by molar-refractivity contribution is -0.140. The fourth-order valence-electron chi connectivity index (χ4n) is 2.98. The number of hydrogen-bond donors (Lipinski definition) is 2. The van der Waals surface area contributed by atoms with Crippen LogP contribution in [-0.4, -0.2) is 47.1 Å². The van der Waals surface area contributed by atoms with Gasteiger partial charge in [0.25, 0.3) is 0 Å². The van der Waals surface area contributed by atoms with Crippen LogP contribution in [0.25, 0.3) is 0 Å². The molecule has 1 unspecified atom stereocenters. The molecule has 2 atom stereocenters. The third-order valence-electron chi connectivity index (χ3n) is 3.96. The number of piperidine rings is 1. The van der Waals surface area contributed by atoms with Crippen LogP contribution in [0.1, 0.15) is 44.9 Å². The fourth-order valence-corrected chi connectivity index (χ4v) is 2.98. The van der Waals surface area contributed by atoms with Gasteiger partial charge in [-0.05, 0) is 45.1 Å². The number of aliphatic carboxylic acids is 1. The summed E-state index contributed by atoms with van der Waals surface area (Å²) in [5.41, 5.74) is 0. The highest BCUT2D eigenvalue weighted by Crippen LogP contribution is 2.23. The van der Waals surface area contributed by atoms with Crippen molar-refractivity contribution in [3.8, 4) is 0 Å². The van der Waals surface area contributed by atoms with E-state index in [4.69, 9.17) is 5.11 Å². The van der Waals surface area contributed by atoms with Gasteiger partial charge in [0.15, 0.2) is 0 Å². The minimum absolute atomic E-state index is 0.0320. The second-order valence-corrected chi connectivity index (χ2v) is 5.26. The zero-order valence-electron chi connectivity index (χ0n) is 10.7. The van der Waals surface area contributed by atoms with Crippen molar-refractivity contribution in [3.05, 3.63) is 0 Å². The van der Waals surface area contributed by atoms with Gasteiger partial charge in [0, 0.05) is 19.0 Å². The van der Waals surface area contributed by atoms with Crippen molar-refractivity contribution in [3.63, 3.8) is 0 Å². The van der Waals surface area contributed by atoms with Crippen LogP contribution in [-0.2, 0) is 9.59 Å². The maximum absolute atomic E-state index is 12.4. The predicted molar refractivity (Wildman–Crippen MR) is 67.2 cm³/mol. The van der Waals surface area contributed by atoms with Crippen molar-refractivity contribution in [1.29, 1.82) is 0 Å². The summed E-state index contributed by atoms with van der Waals surface area (Å²) in [5, 5.41) is 12.0. The van der Waals surface area contributed by atoms with E-state index in [2.05, 4.69) is 5.32 Å². The van der Waals surface area contributed by atoms with Crippen molar-refractivity contribution in [2.45, 2.75) is 57.0 Å². The van der Waals surface area contributed by atoms with E-state index in [1.807, 2.05) is 4.90 Å². The van der Waals surface area contributed by atoms with Crippen molar-refractivity contribution in [1.82, 2.24) is 10.2 Å². The molecule has 18 heavy (non-hydrogen) atoms. The molecule has 0 spiro atoms. The van der Waals surface area contributed by atoms with Crippen molar-refractivity contribution in [2.75, 3.05) is 13.1 Å². The molecule has 0 aromatic heterocycles. The van der Waals surface area contributed by atoms with Crippen molar-refractivity contribution < 1.29 is 14.7 Å². The van der Waals surface area contributed by atoms with Gasteiger partial charge >= 0.3 is 5.97 Å².